The number of unbranched alkanes of at least 4 members (excludes halogenated alkanes) is 14. The zero-order valence-electron chi connectivity index (χ0n) is 43.5. The summed E-state index contributed by atoms with van der Waals surface area (Å²) in [7, 11) is 0. The molecule has 6 N–H and O–H groups in total. The third kappa shape index (κ3) is 35.3. The first kappa shape index (κ1) is 64.6. The Morgan fingerprint density at radius 2 is 1.01 bits per heavy atom. The summed E-state index contributed by atoms with van der Waals surface area (Å²) in [5.74, 6) is -1.34. The topological polar surface area (TPSA) is 175 Å². The Morgan fingerprint density at radius 1 is 0.563 bits per heavy atom. The van der Waals surface area contributed by atoms with E-state index < -0.39 is 67.4 Å². The first-order valence-corrected chi connectivity index (χ1v) is 26.8. The van der Waals surface area contributed by atoms with Crippen LogP contribution < -0.4 is 5.32 Å². The molecule has 11 nitrogen and oxygen atoms in total. The highest BCUT2D eigenvalue weighted by Gasteiger charge is 2.47. The summed E-state index contributed by atoms with van der Waals surface area (Å²) >= 11 is 0. The summed E-state index contributed by atoms with van der Waals surface area (Å²) in [5.41, 5.74) is 0. The Labute approximate surface area is 428 Å². The highest BCUT2D eigenvalue weighted by atomic mass is 16.7. The van der Waals surface area contributed by atoms with Gasteiger partial charge in [0.25, 0.3) is 0 Å². The monoisotopic (exact) mass is 988 g/mol. The Hall–Kier alpha value is -4.46. The van der Waals surface area contributed by atoms with E-state index in [0.29, 0.717) is 12.8 Å². The van der Waals surface area contributed by atoms with Crippen LogP contribution in [0.1, 0.15) is 156 Å². The van der Waals surface area contributed by atoms with E-state index in [-0.39, 0.29) is 19.4 Å². The van der Waals surface area contributed by atoms with Crippen molar-refractivity contribution >= 4 is 11.9 Å². The fourth-order valence-electron chi connectivity index (χ4n) is 7.30. The number of esters is 1. The van der Waals surface area contributed by atoms with Gasteiger partial charge < -0.3 is 45.1 Å². The SMILES string of the molecule is CC\C=C/C=C/C=C/C=C\C=C\C=C\CCCCCC(=O)OC1C(OCC(NC(=O)C(O)CC/C=C/C=C\C=C/C=C/C=C/CC)C(O)/C=C/CCCCCCCCCCCCC)OC(CO)C(O)C1O. The summed E-state index contributed by atoms with van der Waals surface area (Å²) in [6, 6.07) is -1.08. The molecule has 1 aliphatic heterocycles. The van der Waals surface area contributed by atoms with Crippen LogP contribution in [0.2, 0.25) is 0 Å². The van der Waals surface area contributed by atoms with Crippen molar-refractivity contribution in [2.45, 2.75) is 205 Å². The number of carbonyl (C=O) groups is 2. The van der Waals surface area contributed by atoms with Gasteiger partial charge in [0.1, 0.15) is 24.4 Å². The molecule has 0 radical (unpaired) electrons. The maximum absolute atomic E-state index is 13.3. The number of allylic oxidation sites excluding steroid dienone is 23. The van der Waals surface area contributed by atoms with Crippen molar-refractivity contribution in [2.75, 3.05) is 13.2 Å². The van der Waals surface area contributed by atoms with Gasteiger partial charge in [-0.05, 0) is 57.8 Å². The zero-order chi connectivity index (χ0) is 51.8. The first-order chi connectivity index (χ1) is 34.7. The van der Waals surface area contributed by atoms with Gasteiger partial charge in [-0.25, -0.2) is 0 Å². The second-order valence-corrected chi connectivity index (χ2v) is 17.8. The molecule has 0 aromatic carbocycles. The molecule has 8 atom stereocenters. The van der Waals surface area contributed by atoms with Crippen molar-refractivity contribution in [1.82, 2.24) is 5.32 Å². The van der Waals surface area contributed by atoms with Gasteiger partial charge in [0.2, 0.25) is 5.91 Å². The molecule has 0 aromatic heterocycles. The van der Waals surface area contributed by atoms with E-state index in [0.717, 1.165) is 57.8 Å². The van der Waals surface area contributed by atoms with Crippen LogP contribution >= 0.6 is 0 Å². The normalized spacial score (nSPS) is 20.8. The van der Waals surface area contributed by atoms with E-state index in [1.54, 1.807) is 6.08 Å². The fraction of sp³-hybridized carbons (Fsp3) is 0.567. The first-order valence-electron chi connectivity index (χ1n) is 26.8. The summed E-state index contributed by atoms with van der Waals surface area (Å²) < 4.78 is 17.4. The second-order valence-electron chi connectivity index (χ2n) is 17.8. The smallest absolute Gasteiger partial charge is 0.306 e. The minimum atomic E-state index is -1.65. The van der Waals surface area contributed by atoms with Crippen LogP contribution in [-0.2, 0) is 23.8 Å². The van der Waals surface area contributed by atoms with E-state index >= 15 is 0 Å². The van der Waals surface area contributed by atoms with Gasteiger partial charge in [-0.15, -0.1) is 0 Å². The van der Waals surface area contributed by atoms with Gasteiger partial charge in [0.05, 0.1) is 25.4 Å². The lowest BCUT2D eigenvalue weighted by Crippen LogP contribution is -2.61. The van der Waals surface area contributed by atoms with Crippen molar-refractivity contribution in [3.8, 4) is 0 Å². The number of hydrogen-bond donors (Lipinski definition) is 6. The number of aliphatic hydroxyl groups is 5. The highest BCUT2D eigenvalue weighted by molar-refractivity contribution is 5.80. The fourth-order valence-corrected chi connectivity index (χ4v) is 7.30. The van der Waals surface area contributed by atoms with Crippen molar-refractivity contribution in [1.29, 1.82) is 0 Å². The Kier molecular flexibility index (Phi) is 42.4. The average molecular weight is 988 g/mol. The minimum Gasteiger partial charge on any atom is -0.454 e. The quantitative estimate of drug-likeness (QED) is 0.0150. The molecule has 71 heavy (non-hydrogen) atoms. The van der Waals surface area contributed by atoms with Gasteiger partial charge >= 0.3 is 5.97 Å². The van der Waals surface area contributed by atoms with Crippen LogP contribution in [-0.4, -0.2) is 99.6 Å². The van der Waals surface area contributed by atoms with Crippen LogP contribution in [0.25, 0.3) is 0 Å². The van der Waals surface area contributed by atoms with Crippen LogP contribution in [0.3, 0.4) is 0 Å². The number of amides is 1. The average Bonchev–Trinajstić information content (AvgIpc) is 3.37. The molecule has 1 saturated heterocycles. The number of hydrogen-bond acceptors (Lipinski definition) is 10. The number of nitrogens with one attached hydrogen (secondary N) is 1. The van der Waals surface area contributed by atoms with E-state index in [4.69, 9.17) is 14.2 Å². The molecule has 0 saturated carbocycles. The van der Waals surface area contributed by atoms with E-state index in [9.17, 15) is 35.1 Å². The molecule has 8 unspecified atom stereocenters. The molecular weight excluding hydrogens is 895 g/mol. The summed E-state index contributed by atoms with van der Waals surface area (Å²) in [4.78, 5) is 26.3. The third-order valence-corrected chi connectivity index (χ3v) is 11.5. The number of carbonyl (C=O) groups excluding carboxylic acids is 2. The lowest BCUT2D eigenvalue weighted by molar-refractivity contribution is -0.305. The standard InChI is InChI=1S/C60H93NO10/c1-4-7-10-13-16-19-22-25-26-27-28-30-33-36-39-42-45-48-55(65)71-58-57(67)56(66)54(49-62)70-60(58)69-50-51(52(63)46-43-40-37-34-32-29-23-20-17-14-11-8-5-2)61-59(68)53(64)47-44-41-38-35-31-24-21-18-15-12-9-6-3/h7,9-10,12-13,15-16,18-19,21-22,24-28,30-31,33,35,38,41,43,46,51-54,56-58,60,62-64,66-67H,4-6,8,11,14,17,20,23,29,32,34,36-37,39-40,42,44-45,47-50H2,1-3H3,(H,61,68)/b10-7-,12-9+,16-13+,18-15+,22-19+,24-21-,26-25-,28-27+,33-30+,35-31-,41-38+,46-43+. The van der Waals surface area contributed by atoms with Crippen molar-refractivity contribution < 1.29 is 49.3 Å². The van der Waals surface area contributed by atoms with E-state index in [1.807, 2.05) is 122 Å². The summed E-state index contributed by atoms with van der Waals surface area (Å²) in [5, 5.41) is 56.5. The lowest BCUT2D eigenvalue weighted by Gasteiger charge is -2.41. The molecule has 1 amide bonds. The predicted octanol–water partition coefficient (Wildman–Crippen LogP) is 11.5. The minimum absolute atomic E-state index is 0.0536. The van der Waals surface area contributed by atoms with Gasteiger partial charge in [-0.1, -0.05) is 237 Å². The van der Waals surface area contributed by atoms with Gasteiger partial charge in [-0.3, -0.25) is 9.59 Å². The largest absolute Gasteiger partial charge is 0.454 e. The number of aliphatic hydroxyl groups excluding tert-OH is 5. The molecular formula is C60H93NO10. The van der Waals surface area contributed by atoms with E-state index in [2.05, 4.69) is 44.3 Å². The number of ether oxygens (including phenoxy) is 3. The summed E-state index contributed by atoms with van der Waals surface area (Å²) in [6.45, 7) is 5.37. The molecule has 1 rings (SSSR count). The second kappa shape index (κ2) is 46.6. The third-order valence-electron chi connectivity index (χ3n) is 11.5. The van der Waals surface area contributed by atoms with Crippen molar-refractivity contribution in [2.24, 2.45) is 0 Å². The molecule has 11 heteroatoms. The van der Waals surface area contributed by atoms with Crippen LogP contribution in [0.4, 0.5) is 0 Å². The van der Waals surface area contributed by atoms with Gasteiger partial charge in [0.15, 0.2) is 12.4 Å². The lowest BCUT2D eigenvalue weighted by atomic mass is 9.99. The maximum Gasteiger partial charge on any atom is 0.306 e. The molecule has 0 aromatic rings. The molecule has 1 aliphatic rings. The van der Waals surface area contributed by atoms with Crippen LogP contribution in [0, 0.1) is 0 Å². The highest BCUT2D eigenvalue weighted by Crippen LogP contribution is 2.26. The maximum atomic E-state index is 13.3. The Morgan fingerprint density at radius 3 is 1.52 bits per heavy atom. The van der Waals surface area contributed by atoms with Crippen LogP contribution in [0.15, 0.2) is 146 Å². The summed E-state index contributed by atoms with van der Waals surface area (Å²) in [6.07, 6.45) is 56.2. The molecule has 0 bridgehead atoms. The molecule has 1 fully saturated rings. The van der Waals surface area contributed by atoms with E-state index in [1.165, 1.54) is 51.4 Å². The molecule has 1 heterocycles. The Balaban J connectivity index is 2.86. The molecule has 0 spiro atoms. The zero-order valence-corrected chi connectivity index (χ0v) is 43.5. The van der Waals surface area contributed by atoms with Gasteiger partial charge in [-0.2, -0.15) is 0 Å². The molecule has 398 valence electrons. The van der Waals surface area contributed by atoms with Crippen molar-refractivity contribution in [3.63, 3.8) is 0 Å². The Bertz CT molecular complexity index is 1700. The van der Waals surface area contributed by atoms with Crippen molar-refractivity contribution in [3.05, 3.63) is 146 Å². The molecule has 0 aliphatic carbocycles. The van der Waals surface area contributed by atoms with Crippen LogP contribution in [0.5, 0.6) is 0 Å². The number of rotatable bonds is 41. The van der Waals surface area contributed by atoms with Gasteiger partial charge in [0, 0.05) is 6.42 Å². The predicted molar refractivity (Wildman–Crippen MR) is 291 cm³/mol.